The molecule has 1 aliphatic heterocycles. The Morgan fingerprint density at radius 2 is 2.25 bits per heavy atom. The number of nitrogens with zero attached hydrogens (tertiary/aromatic N) is 2. The maximum atomic E-state index is 6.15. The van der Waals surface area contributed by atoms with E-state index in [4.69, 9.17) is 16.0 Å². The molecule has 1 saturated heterocycles. The summed E-state index contributed by atoms with van der Waals surface area (Å²) in [7, 11) is 0. The van der Waals surface area contributed by atoms with Crippen LogP contribution in [0.1, 0.15) is 12.8 Å². The topological polar surface area (TPSA) is 29.3 Å². The van der Waals surface area contributed by atoms with Crippen LogP contribution in [0, 0.1) is 0 Å². The van der Waals surface area contributed by atoms with Crippen LogP contribution in [0.25, 0.3) is 11.1 Å². The van der Waals surface area contributed by atoms with Gasteiger partial charge in [0, 0.05) is 13.1 Å². The second kappa shape index (κ2) is 3.98. The van der Waals surface area contributed by atoms with Gasteiger partial charge in [-0.05, 0) is 25.0 Å². The summed E-state index contributed by atoms with van der Waals surface area (Å²) in [5.74, 6) is 0. The van der Waals surface area contributed by atoms with Crippen LogP contribution in [0.5, 0.6) is 0 Å². The minimum absolute atomic E-state index is 0.212. The second-order valence-electron chi connectivity index (χ2n) is 4.15. The standard InChI is InChI=1S/C12H13ClN2O/c13-9-4-3-7-15(8-9)12-14-10-5-1-2-6-11(10)16-12/h1-2,5-6,9H,3-4,7-8H2. The molecule has 1 aromatic heterocycles. The van der Waals surface area contributed by atoms with Crippen molar-refractivity contribution >= 4 is 28.7 Å². The van der Waals surface area contributed by atoms with Gasteiger partial charge in [0.1, 0.15) is 5.52 Å². The van der Waals surface area contributed by atoms with Gasteiger partial charge < -0.3 is 9.32 Å². The molecule has 1 aliphatic rings. The van der Waals surface area contributed by atoms with E-state index in [-0.39, 0.29) is 5.38 Å². The molecule has 0 N–H and O–H groups in total. The van der Waals surface area contributed by atoms with Gasteiger partial charge in [-0.25, -0.2) is 0 Å². The van der Waals surface area contributed by atoms with E-state index in [1.807, 2.05) is 24.3 Å². The highest BCUT2D eigenvalue weighted by molar-refractivity contribution is 6.21. The molecule has 0 aliphatic carbocycles. The Balaban J connectivity index is 1.93. The predicted molar refractivity (Wildman–Crippen MR) is 65.1 cm³/mol. The van der Waals surface area contributed by atoms with Gasteiger partial charge in [0.25, 0.3) is 6.01 Å². The van der Waals surface area contributed by atoms with E-state index in [0.717, 1.165) is 37.0 Å². The number of anilines is 1. The van der Waals surface area contributed by atoms with Crippen molar-refractivity contribution in [2.24, 2.45) is 0 Å². The number of benzene rings is 1. The number of hydrogen-bond donors (Lipinski definition) is 0. The number of oxazole rings is 1. The maximum absolute atomic E-state index is 6.15. The van der Waals surface area contributed by atoms with Crippen LogP contribution in [0.3, 0.4) is 0 Å². The molecular formula is C12H13ClN2O. The van der Waals surface area contributed by atoms with E-state index in [0.29, 0.717) is 6.01 Å². The summed E-state index contributed by atoms with van der Waals surface area (Å²) in [4.78, 5) is 6.60. The van der Waals surface area contributed by atoms with Gasteiger partial charge >= 0.3 is 0 Å². The van der Waals surface area contributed by atoms with Crippen molar-refractivity contribution in [2.45, 2.75) is 18.2 Å². The third-order valence-corrected chi connectivity index (χ3v) is 3.27. The molecule has 3 rings (SSSR count). The minimum Gasteiger partial charge on any atom is -0.423 e. The fraction of sp³-hybridized carbons (Fsp3) is 0.417. The van der Waals surface area contributed by atoms with Crippen molar-refractivity contribution in [3.05, 3.63) is 24.3 Å². The molecule has 1 atom stereocenters. The van der Waals surface area contributed by atoms with Crippen molar-refractivity contribution in [3.63, 3.8) is 0 Å². The molecule has 3 nitrogen and oxygen atoms in total. The van der Waals surface area contributed by atoms with Gasteiger partial charge in [0.05, 0.1) is 5.38 Å². The molecule has 2 aromatic rings. The van der Waals surface area contributed by atoms with E-state index < -0.39 is 0 Å². The SMILES string of the molecule is ClC1CCCN(c2nc3ccccc3o2)C1. The summed E-state index contributed by atoms with van der Waals surface area (Å²) in [5, 5.41) is 0.212. The zero-order chi connectivity index (χ0) is 11.0. The average Bonchev–Trinajstić information content (AvgIpc) is 2.72. The summed E-state index contributed by atoms with van der Waals surface area (Å²) in [6.45, 7) is 1.81. The molecule has 16 heavy (non-hydrogen) atoms. The van der Waals surface area contributed by atoms with Crippen LogP contribution in [0.2, 0.25) is 0 Å². The highest BCUT2D eigenvalue weighted by Gasteiger charge is 2.21. The fourth-order valence-electron chi connectivity index (χ4n) is 2.09. The van der Waals surface area contributed by atoms with Crippen LogP contribution in [-0.2, 0) is 0 Å². The van der Waals surface area contributed by atoms with Crippen molar-refractivity contribution in [2.75, 3.05) is 18.0 Å². The molecule has 2 heterocycles. The molecule has 0 saturated carbocycles. The number of halogens is 1. The lowest BCUT2D eigenvalue weighted by Gasteiger charge is -2.28. The predicted octanol–water partition coefficient (Wildman–Crippen LogP) is 3.04. The van der Waals surface area contributed by atoms with Gasteiger partial charge in [0.15, 0.2) is 5.58 Å². The summed E-state index contributed by atoms with van der Waals surface area (Å²) in [6.07, 6.45) is 2.19. The van der Waals surface area contributed by atoms with Crippen LogP contribution in [0.15, 0.2) is 28.7 Å². The zero-order valence-electron chi connectivity index (χ0n) is 8.90. The largest absolute Gasteiger partial charge is 0.423 e. The summed E-state index contributed by atoms with van der Waals surface area (Å²) in [6, 6.07) is 8.53. The third-order valence-electron chi connectivity index (χ3n) is 2.92. The van der Waals surface area contributed by atoms with Gasteiger partial charge in [0.2, 0.25) is 0 Å². The minimum atomic E-state index is 0.212. The molecule has 0 spiro atoms. The van der Waals surface area contributed by atoms with Gasteiger partial charge in [-0.15, -0.1) is 11.6 Å². The lowest BCUT2D eigenvalue weighted by Crippen LogP contribution is -2.36. The molecular weight excluding hydrogens is 224 g/mol. The molecule has 0 radical (unpaired) electrons. The molecule has 84 valence electrons. The smallest absolute Gasteiger partial charge is 0.298 e. The van der Waals surface area contributed by atoms with Gasteiger partial charge in [-0.1, -0.05) is 12.1 Å². The van der Waals surface area contributed by atoms with Crippen molar-refractivity contribution in [3.8, 4) is 0 Å². The third kappa shape index (κ3) is 1.76. The van der Waals surface area contributed by atoms with Crippen molar-refractivity contribution in [1.29, 1.82) is 0 Å². The number of para-hydroxylation sites is 2. The number of piperidine rings is 1. The number of aromatic nitrogens is 1. The first-order valence-electron chi connectivity index (χ1n) is 5.57. The molecule has 4 heteroatoms. The van der Waals surface area contributed by atoms with Crippen LogP contribution >= 0.6 is 11.6 Å². The van der Waals surface area contributed by atoms with Gasteiger partial charge in [-0.2, -0.15) is 4.98 Å². The Hall–Kier alpha value is -1.22. The molecule has 0 bridgehead atoms. The first-order chi connectivity index (χ1) is 7.83. The quantitative estimate of drug-likeness (QED) is 0.713. The van der Waals surface area contributed by atoms with Crippen LogP contribution in [0.4, 0.5) is 6.01 Å². The fourth-order valence-corrected chi connectivity index (χ4v) is 2.42. The van der Waals surface area contributed by atoms with E-state index in [1.54, 1.807) is 0 Å². The number of fused-ring (bicyclic) bond motifs is 1. The van der Waals surface area contributed by atoms with Crippen molar-refractivity contribution in [1.82, 2.24) is 4.98 Å². The highest BCUT2D eigenvalue weighted by atomic mass is 35.5. The summed E-state index contributed by atoms with van der Waals surface area (Å²) in [5.41, 5.74) is 1.75. The van der Waals surface area contributed by atoms with E-state index in [9.17, 15) is 0 Å². The Bertz CT molecular complexity index is 463. The highest BCUT2D eigenvalue weighted by Crippen LogP contribution is 2.25. The van der Waals surface area contributed by atoms with Crippen LogP contribution < -0.4 is 4.90 Å². The molecule has 0 amide bonds. The molecule has 1 unspecified atom stereocenters. The monoisotopic (exact) mass is 236 g/mol. The maximum Gasteiger partial charge on any atom is 0.298 e. The van der Waals surface area contributed by atoms with Gasteiger partial charge in [-0.3, -0.25) is 0 Å². The number of rotatable bonds is 1. The zero-order valence-corrected chi connectivity index (χ0v) is 9.65. The van der Waals surface area contributed by atoms with E-state index >= 15 is 0 Å². The average molecular weight is 237 g/mol. The number of alkyl halides is 1. The lowest BCUT2D eigenvalue weighted by atomic mass is 10.1. The van der Waals surface area contributed by atoms with Crippen molar-refractivity contribution < 1.29 is 4.42 Å². The lowest BCUT2D eigenvalue weighted by molar-refractivity contribution is 0.512. The molecule has 1 fully saturated rings. The van der Waals surface area contributed by atoms with E-state index in [2.05, 4.69) is 9.88 Å². The normalized spacial score (nSPS) is 21.6. The number of hydrogen-bond acceptors (Lipinski definition) is 3. The Kier molecular flexibility index (Phi) is 2.48. The van der Waals surface area contributed by atoms with E-state index in [1.165, 1.54) is 0 Å². The van der Waals surface area contributed by atoms with Crippen LogP contribution in [-0.4, -0.2) is 23.5 Å². The summed E-state index contributed by atoms with van der Waals surface area (Å²) >= 11 is 6.15. The first-order valence-corrected chi connectivity index (χ1v) is 6.01. The second-order valence-corrected chi connectivity index (χ2v) is 4.77. The first kappa shape index (κ1) is 9.97. The Morgan fingerprint density at radius 1 is 1.38 bits per heavy atom. The Morgan fingerprint density at radius 3 is 3.06 bits per heavy atom. The molecule has 1 aromatic carbocycles. The summed E-state index contributed by atoms with van der Waals surface area (Å²) < 4.78 is 5.71. The Labute approximate surface area is 99.0 Å².